The van der Waals surface area contributed by atoms with Gasteiger partial charge in [0.15, 0.2) is 0 Å². The van der Waals surface area contributed by atoms with Crippen molar-refractivity contribution in [3.8, 4) is 5.69 Å². The number of fused-ring (bicyclic) bond motifs is 4. The monoisotopic (exact) mass is 357 g/mol. The molecule has 1 aliphatic carbocycles. The highest BCUT2D eigenvalue weighted by molar-refractivity contribution is 5.83. The first-order valence-electron chi connectivity index (χ1n) is 10.0. The molecule has 3 heterocycles. The molecule has 2 aliphatic rings. The zero-order valence-electron chi connectivity index (χ0n) is 15.4. The molecule has 2 aromatic heterocycles. The topological polar surface area (TPSA) is 38.9 Å². The normalized spacial score (nSPS) is 18.5. The van der Waals surface area contributed by atoms with Gasteiger partial charge in [0.05, 0.1) is 28.4 Å². The third-order valence-corrected chi connectivity index (χ3v) is 6.36. The van der Waals surface area contributed by atoms with E-state index in [4.69, 9.17) is 4.98 Å². The molecule has 1 fully saturated rings. The van der Waals surface area contributed by atoms with Gasteiger partial charge in [0, 0.05) is 37.5 Å². The molecule has 5 nitrogen and oxygen atoms in total. The van der Waals surface area contributed by atoms with Crippen LogP contribution in [0.2, 0.25) is 0 Å². The minimum atomic E-state index is 0.812. The van der Waals surface area contributed by atoms with Gasteiger partial charge in [-0.1, -0.05) is 24.6 Å². The molecule has 0 amide bonds. The van der Waals surface area contributed by atoms with Crippen molar-refractivity contribution < 1.29 is 0 Å². The minimum absolute atomic E-state index is 0.812. The van der Waals surface area contributed by atoms with Crippen LogP contribution in [0.5, 0.6) is 0 Å². The Kier molecular flexibility index (Phi) is 3.38. The van der Waals surface area contributed by atoms with Crippen molar-refractivity contribution in [2.24, 2.45) is 0 Å². The van der Waals surface area contributed by atoms with Gasteiger partial charge in [0.1, 0.15) is 5.82 Å². The summed E-state index contributed by atoms with van der Waals surface area (Å²) in [5.74, 6) is 1.23. The summed E-state index contributed by atoms with van der Waals surface area (Å²) in [6.45, 7) is 3.31. The van der Waals surface area contributed by atoms with Crippen molar-refractivity contribution >= 4 is 21.9 Å². The van der Waals surface area contributed by atoms with Gasteiger partial charge in [-0.2, -0.15) is 5.10 Å². The molecule has 0 unspecified atom stereocenters. The van der Waals surface area contributed by atoms with E-state index in [1.165, 1.54) is 36.0 Å². The lowest BCUT2D eigenvalue weighted by atomic mass is 9.91. The van der Waals surface area contributed by atoms with Crippen LogP contribution in [0, 0.1) is 0 Å². The second-order valence-electron chi connectivity index (χ2n) is 7.84. The van der Waals surface area contributed by atoms with E-state index in [1.54, 1.807) is 0 Å². The summed E-state index contributed by atoms with van der Waals surface area (Å²) in [5.41, 5.74) is 4.58. The molecule has 27 heavy (non-hydrogen) atoms. The van der Waals surface area contributed by atoms with Crippen molar-refractivity contribution in [2.45, 2.75) is 38.3 Å². The number of hydrogen-bond donors (Lipinski definition) is 0. The molecular weight excluding hydrogens is 334 g/mol. The van der Waals surface area contributed by atoms with Crippen molar-refractivity contribution in [3.05, 3.63) is 54.5 Å². The van der Waals surface area contributed by atoms with Crippen LogP contribution in [0.1, 0.15) is 25.1 Å². The Labute approximate surface area is 158 Å². The summed E-state index contributed by atoms with van der Waals surface area (Å²) in [6.07, 6.45) is 7.13. The molecule has 1 saturated carbocycles. The summed E-state index contributed by atoms with van der Waals surface area (Å²) in [4.78, 5) is 7.62. The summed E-state index contributed by atoms with van der Waals surface area (Å²) in [6, 6.07) is 15.7. The van der Waals surface area contributed by atoms with Crippen molar-refractivity contribution in [3.63, 3.8) is 0 Å². The highest BCUT2D eigenvalue weighted by Gasteiger charge is 2.27. The number of nitrogens with zero attached hydrogens (tertiary/aromatic N) is 5. The van der Waals surface area contributed by atoms with Gasteiger partial charge in [-0.3, -0.25) is 4.90 Å². The zero-order chi connectivity index (χ0) is 17.8. The fourth-order valence-corrected chi connectivity index (χ4v) is 4.61. The number of aromatic nitrogens is 4. The molecule has 0 N–H and O–H groups in total. The van der Waals surface area contributed by atoms with E-state index in [0.717, 1.165) is 48.8 Å². The standard InChI is InChI=1S/C22H23N5/c1-2-7-20-16(4-1)15-23-27(20)18-8-9-19-21(14-18)26-13-12-25(17-5-3-6-17)11-10-22(26)24-19/h1-2,4,7-9,14-15,17H,3,5-6,10-13H2. The van der Waals surface area contributed by atoms with E-state index in [-0.39, 0.29) is 0 Å². The van der Waals surface area contributed by atoms with E-state index in [1.807, 2.05) is 10.9 Å². The second kappa shape index (κ2) is 5.92. The highest BCUT2D eigenvalue weighted by atomic mass is 15.3. The lowest BCUT2D eigenvalue weighted by molar-refractivity contribution is 0.130. The number of rotatable bonds is 2. The van der Waals surface area contributed by atoms with E-state index >= 15 is 0 Å². The summed E-state index contributed by atoms with van der Waals surface area (Å²) in [5, 5.41) is 5.79. The van der Waals surface area contributed by atoms with Crippen LogP contribution in [-0.4, -0.2) is 43.4 Å². The molecule has 0 bridgehead atoms. The second-order valence-corrected chi connectivity index (χ2v) is 7.84. The lowest BCUT2D eigenvalue weighted by Crippen LogP contribution is -2.41. The first-order valence-corrected chi connectivity index (χ1v) is 10.0. The summed E-state index contributed by atoms with van der Waals surface area (Å²) < 4.78 is 4.47. The Morgan fingerprint density at radius 1 is 0.926 bits per heavy atom. The van der Waals surface area contributed by atoms with Crippen LogP contribution in [0.4, 0.5) is 0 Å². The molecule has 136 valence electrons. The van der Waals surface area contributed by atoms with E-state index in [9.17, 15) is 0 Å². The smallest absolute Gasteiger partial charge is 0.111 e. The molecular formula is C22H23N5. The molecule has 0 atom stereocenters. The van der Waals surface area contributed by atoms with Gasteiger partial charge in [-0.15, -0.1) is 0 Å². The van der Waals surface area contributed by atoms with E-state index < -0.39 is 0 Å². The first-order chi connectivity index (χ1) is 13.4. The largest absolute Gasteiger partial charge is 0.327 e. The molecule has 0 radical (unpaired) electrons. The maximum Gasteiger partial charge on any atom is 0.111 e. The fraction of sp³-hybridized carbons (Fsp3) is 0.364. The van der Waals surface area contributed by atoms with Gasteiger partial charge in [0.25, 0.3) is 0 Å². The molecule has 0 spiro atoms. The van der Waals surface area contributed by atoms with Crippen LogP contribution >= 0.6 is 0 Å². The molecule has 0 saturated heterocycles. The Morgan fingerprint density at radius 2 is 1.85 bits per heavy atom. The zero-order valence-corrected chi connectivity index (χ0v) is 15.4. The van der Waals surface area contributed by atoms with Crippen LogP contribution in [0.15, 0.2) is 48.7 Å². The SMILES string of the molecule is c1ccc2c(c1)cnn2-c1ccc2nc3n(c2c1)CCN(C1CCC1)CC3. The number of benzene rings is 2. The van der Waals surface area contributed by atoms with Gasteiger partial charge in [-0.05, 0) is 37.1 Å². The van der Waals surface area contributed by atoms with Gasteiger partial charge >= 0.3 is 0 Å². The highest BCUT2D eigenvalue weighted by Crippen LogP contribution is 2.28. The van der Waals surface area contributed by atoms with Crippen LogP contribution < -0.4 is 0 Å². The number of imidazole rings is 1. The summed E-state index contributed by atoms with van der Waals surface area (Å²) in [7, 11) is 0. The Morgan fingerprint density at radius 3 is 2.74 bits per heavy atom. The Bertz CT molecular complexity index is 1130. The van der Waals surface area contributed by atoms with Crippen LogP contribution in [0.25, 0.3) is 27.6 Å². The van der Waals surface area contributed by atoms with Crippen molar-refractivity contribution in [1.82, 2.24) is 24.2 Å². The predicted octanol–water partition coefficient (Wildman–Crippen LogP) is 3.79. The molecule has 5 heteroatoms. The third-order valence-electron chi connectivity index (χ3n) is 6.36. The lowest BCUT2D eigenvalue weighted by Gasteiger charge is -2.36. The third kappa shape index (κ3) is 2.42. The van der Waals surface area contributed by atoms with Crippen LogP contribution in [0.3, 0.4) is 0 Å². The van der Waals surface area contributed by atoms with Crippen molar-refractivity contribution in [2.75, 3.05) is 13.1 Å². The van der Waals surface area contributed by atoms with E-state index in [0.29, 0.717) is 0 Å². The van der Waals surface area contributed by atoms with Crippen LogP contribution in [-0.2, 0) is 13.0 Å². The number of para-hydroxylation sites is 1. The quantitative estimate of drug-likeness (QED) is 0.548. The number of hydrogen-bond acceptors (Lipinski definition) is 3. The van der Waals surface area contributed by atoms with Crippen molar-refractivity contribution in [1.29, 1.82) is 0 Å². The minimum Gasteiger partial charge on any atom is -0.327 e. The molecule has 1 aliphatic heterocycles. The van der Waals surface area contributed by atoms with Gasteiger partial charge < -0.3 is 4.57 Å². The van der Waals surface area contributed by atoms with Gasteiger partial charge in [-0.25, -0.2) is 9.67 Å². The maximum absolute atomic E-state index is 4.94. The van der Waals surface area contributed by atoms with Gasteiger partial charge in [0.2, 0.25) is 0 Å². The molecule has 6 rings (SSSR count). The molecule has 2 aromatic carbocycles. The fourth-order valence-electron chi connectivity index (χ4n) is 4.61. The first kappa shape index (κ1) is 15.4. The Balaban J connectivity index is 1.41. The Hall–Kier alpha value is -2.66. The average Bonchev–Trinajstić information content (AvgIpc) is 3.17. The molecule has 4 aromatic rings. The maximum atomic E-state index is 4.94. The average molecular weight is 357 g/mol. The van der Waals surface area contributed by atoms with E-state index in [2.05, 4.69) is 57.0 Å². The predicted molar refractivity (Wildman–Crippen MR) is 107 cm³/mol. The summed E-state index contributed by atoms with van der Waals surface area (Å²) >= 11 is 0.